The first-order valence-electron chi connectivity index (χ1n) is 14.0. The van der Waals surface area contributed by atoms with E-state index >= 15 is 0 Å². The Morgan fingerprint density at radius 2 is 1.00 bits per heavy atom. The first kappa shape index (κ1) is 24.7. The molecule has 0 aliphatic carbocycles. The van der Waals surface area contributed by atoms with Crippen LogP contribution in [-0.4, -0.2) is 34.3 Å². The van der Waals surface area contributed by atoms with Gasteiger partial charge in [0.05, 0.1) is 11.2 Å². The summed E-state index contributed by atoms with van der Waals surface area (Å²) in [4.78, 5) is 28.6. The number of benzene rings is 3. The van der Waals surface area contributed by atoms with Gasteiger partial charge in [-0.1, -0.05) is 84.9 Å². The zero-order chi connectivity index (χ0) is 28.6. The van der Waals surface area contributed by atoms with Crippen LogP contribution in [0, 0.1) is 0 Å². The molecule has 5 aromatic heterocycles. The fraction of sp³-hybridized carbons (Fsp3) is 0. The summed E-state index contributed by atoms with van der Waals surface area (Å²) in [7, 11) is 0. The van der Waals surface area contributed by atoms with Crippen molar-refractivity contribution in [3.8, 4) is 56.8 Å². The number of hydrogen-bond donors (Lipinski definition) is 0. The number of nitrogens with zero attached hydrogens (tertiary/aromatic N) is 7. The molecule has 0 radical (unpaired) electrons. The second kappa shape index (κ2) is 10.4. The van der Waals surface area contributed by atoms with Gasteiger partial charge in [0.1, 0.15) is 11.5 Å². The molecule has 202 valence electrons. The van der Waals surface area contributed by atoms with E-state index in [4.69, 9.17) is 24.9 Å². The molecule has 0 aliphatic heterocycles. The molecule has 5 heterocycles. The van der Waals surface area contributed by atoms with Crippen LogP contribution in [0.2, 0.25) is 0 Å². The Hall–Kier alpha value is -6.08. The summed E-state index contributed by atoms with van der Waals surface area (Å²) in [5.74, 6) is 2.68. The molecular formula is C36H23N7. The molecule has 8 aromatic rings. The second-order valence-electron chi connectivity index (χ2n) is 10.1. The maximum atomic E-state index is 5.14. The SMILES string of the molecule is c1ccc(-c2nc(-c3ccccc3)nc(-c3ccc(-c4nc(-c5ccncc5)c5ccc6cccnc6n45)cc3)n2)cc1. The molecule has 0 amide bonds. The van der Waals surface area contributed by atoms with Crippen LogP contribution in [0.4, 0.5) is 0 Å². The van der Waals surface area contributed by atoms with E-state index in [-0.39, 0.29) is 0 Å². The lowest BCUT2D eigenvalue weighted by Crippen LogP contribution is -2.00. The molecular weight excluding hydrogens is 530 g/mol. The van der Waals surface area contributed by atoms with Gasteiger partial charge in [-0.25, -0.2) is 24.9 Å². The molecule has 8 rings (SSSR count). The van der Waals surface area contributed by atoms with E-state index in [1.807, 2.05) is 97.2 Å². The van der Waals surface area contributed by atoms with Gasteiger partial charge in [-0.05, 0) is 36.4 Å². The summed E-state index contributed by atoms with van der Waals surface area (Å²) in [6, 6.07) is 40.4. The third-order valence-electron chi connectivity index (χ3n) is 7.42. The van der Waals surface area contributed by atoms with Gasteiger partial charge in [0, 0.05) is 51.8 Å². The van der Waals surface area contributed by atoms with Crippen LogP contribution < -0.4 is 0 Å². The van der Waals surface area contributed by atoms with Gasteiger partial charge in [-0.15, -0.1) is 0 Å². The Morgan fingerprint density at radius 3 is 1.63 bits per heavy atom. The van der Waals surface area contributed by atoms with Crippen LogP contribution in [0.3, 0.4) is 0 Å². The largest absolute Gasteiger partial charge is 0.276 e. The number of hydrogen-bond acceptors (Lipinski definition) is 6. The molecule has 0 fully saturated rings. The first-order chi connectivity index (χ1) is 21.3. The average molecular weight is 554 g/mol. The second-order valence-corrected chi connectivity index (χ2v) is 10.1. The molecule has 0 N–H and O–H groups in total. The van der Waals surface area contributed by atoms with Crippen LogP contribution in [-0.2, 0) is 0 Å². The van der Waals surface area contributed by atoms with Gasteiger partial charge in [-0.2, -0.15) is 0 Å². The third kappa shape index (κ3) is 4.49. The number of rotatable bonds is 5. The maximum absolute atomic E-state index is 5.14. The Balaban J connectivity index is 1.28. The molecule has 0 aliphatic rings. The zero-order valence-electron chi connectivity index (χ0n) is 22.9. The average Bonchev–Trinajstić information content (AvgIpc) is 3.50. The van der Waals surface area contributed by atoms with E-state index in [2.05, 4.69) is 39.7 Å². The summed E-state index contributed by atoms with van der Waals surface area (Å²) < 4.78 is 2.13. The lowest BCUT2D eigenvalue weighted by Gasteiger charge is -2.09. The zero-order valence-corrected chi connectivity index (χ0v) is 22.9. The molecule has 7 nitrogen and oxygen atoms in total. The monoisotopic (exact) mass is 553 g/mol. The normalized spacial score (nSPS) is 11.3. The van der Waals surface area contributed by atoms with Gasteiger partial charge in [0.15, 0.2) is 17.5 Å². The quantitative estimate of drug-likeness (QED) is 0.216. The highest BCUT2D eigenvalue weighted by Gasteiger charge is 2.18. The highest BCUT2D eigenvalue weighted by atomic mass is 15.1. The molecule has 3 aromatic carbocycles. The van der Waals surface area contributed by atoms with Gasteiger partial charge in [-0.3, -0.25) is 9.38 Å². The predicted molar refractivity (Wildman–Crippen MR) is 169 cm³/mol. The standard InChI is InChI=1S/C36H23N7/c1-3-8-25(9-4-1)32-40-33(26-10-5-2-6-11-26)42-34(41-32)27-13-15-29(16-14-27)36-39-31(24-19-22-37-23-20-24)30-18-17-28-12-7-21-38-35(28)43(30)36/h1-23H. The number of imidazole rings is 1. The summed E-state index contributed by atoms with van der Waals surface area (Å²) >= 11 is 0. The van der Waals surface area contributed by atoms with Crippen molar-refractivity contribution in [1.29, 1.82) is 0 Å². The summed E-state index contributed by atoms with van der Waals surface area (Å²) in [6.45, 7) is 0. The fourth-order valence-corrected chi connectivity index (χ4v) is 5.32. The van der Waals surface area contributed by atoms with Gasteiger partial charge < -0.3 is 0 Å². The Labute approximate surface area is 247 Å². The van der Waals surface area contributed by atoms with E-state index in [0.717, 1.165) is 55.9 Å². The highest BCUT2D eigenvalue weighted by molar-refractivity contribution is 5.89. The number of fused-ring (bicyclic) bond motifs is 3. The van der Waals surface area contributed by atoms with Crippen LogP contribution >= 0.6 is 0 Å². The van der Waals surface area contributed by atoms with Crippen molar-refractivity contribution >= 4 is 16.6 Å². The molecule has 7 heteroatoms. The van der Waals surface area contributed by atoms with Crippen molar-refractivity contribution in [3.05, 3.63) is 140 Å². The van der Waals surface area contributed by atoms with Crippen LogP contribution in [0.1, 0.15) is 0 Å². The third-order valence-corrected chi connectivity index (χ3v) is 7.42. The van der Waals surface area contributed by atoms with Gasteiger partial charge in [0.2, 0.25) is 0 Å². The number of pyridine rings is 3. The molecule has 43 heavy (non-hydrogen) atoms. The number of aromatic nitrogens is 7. The fourth-order valence-electron chi connectivity index (χ4n) is 5.32. The Morgan fingerprint density at radius 1 is 0.419 bits per heavy atom. The van der Waals surface area contributed by atoms with E-state index in [9.17, 15) is 0 Å². The molecule has 0 bridgehead atoms. The topological polar surface area (TPSA) is 81.8 Å². The van der Waals surface area contributed by atoms with E-state index in [1.54, 1.807) is 12.4 Å². The molecule has 0 spiro atoms. The molecule has 0 atom stereocenters. The summed E-state index contributed by atoms with van der Waals surface area (Å²) in [5, 5.41) is 1.04. The van der Waals surface area contributed by atoms with Crippen molar-refractivity contribution in [2.75, 3.05) is 0 Å². The van der Waals surface area contributed by atoms with Crippen LogP contribution in [0.25, 0.3) is 73.4 Å². The molecule has 0 saturated carbocycles. The Bertz CT molecular complexity index is 2150. The smallest absolute Gasteiger partial charge is 0.164 e. The molecule has 0 saturated heterocycles. The van der Waals surface area contributed by atoms with E-state index < -0.39 is 0 Å². The van der Waals surface area contributed by atoms with Gasteiger partial charge in [0.25, 0.3) is 0 Å². The first-order valence-corrected chi connectivity index (χ1v) is 14.0. The maximum Gasteiger partial charge on any atom is 0.164 e. The van der Waals surface area contributed by atoms with Crippen molar-refractivity contribution in [2.24, 2.45) is 0 Å². The van der Waals surface area contributed by atoms with Crippen molar-refractivity contribution < 1.29 is 0 Å². The minimum atomic E-state index is 0.608. The van der Waals surface area contributed by atoms with Crippen molar-refractivity contribution in [2.45, 2.75) is 0 Å². The lowest BCUT2D eigenvalue weighted by molar-refractivity contribution is 1.07. The predicted octanol–water partition coefficient (Wildman–Crippen LogP) is 7.80. The van der Waals surface area contributed by atoms with E-state index in [1.165, 1.54) is 0 Å². The van der Waals surface area contributed by atoms with E-state index in [0.29, 0.717) is 17.5 Å². The van der Waals surface area contributed by atoms with Crippen LogP contribution in [0.5, 0.6) is 0 Å². The van der Waals surface area contributed by atoms with Crippen molar-refractivity contribution in [1.82, 2.24) is 34.3 Å². The minimum absolute atomic E-state index is 0.608. The Kier molecular flexibility index (Phi) is 5.97. The lowest BCUT2D eigenvalue weighted by atomic mass is 10.1. The molecule has 0 unspecified atom stereocenters. The van der Waals surface area contributed by atoms with Gasteiger partial charge >= 0.3 is 0 Å². The van der Waals surface area contributed by atoms with Crippen molar-refractivity contribution in [3.63, 3.8) is 0 Å². The van der Waals surface area contributed by atoms with Crippen LogP contribution in [0.15, 0.2) is 140 Å². The summed E-state index contributed by atoms with van der Waals surface area (Å²) in [5.41, 5.74) is 7.43. The highest BCUT2D eigenvalue weighted by Crippen LogP contribution is 2.33. The summed E-state index contributed by atoms with van der Waals surface area (Å²) in [6.07, 6.45) is 5.39. The minimum Gasteiger partial charge on any atom is -0.276 e.